The van der Waals surface area contributed by atoms with Crippen molar-refractivity contribution in [2.75, 3.05) is 65.2 Å². The number of nitrogens with zero attached hydrogens (tertiary/aromatic N) is 15. The highest BCUT2D eigenvalue weighted by atomic mass is 15.2. The lowest BCUT2D eigenvalue weighted by molar-refractivity contribution is 0.318. The van der Waals surface area contributed by atoms with Crippen LogP contribution in [0.3, 0.4) is 0 Å². The standard InChI is InChI=1S/5C20H23N3/c5*1-16-8-10-17(11-9-16)14-23-19-7-3-2-6-18(19)21-20(23)15-22-12-4-5-13-22/h5*2-3,6-11H,4-5,12-15H2,1H3/i4D2,5D2,12D2,13D2,14D2,15D2;4D2,5D2,12D2,13D2,15D2;4D2,5D2,12D2,13D2,14D2;4D2,5D2,15D2;4D2,5D2,14D2. The van der Waals surface area contributed by atoms with E-state index in [0.717, 1.165) is 49.0 Å². The van der Waals surface area contributed by atoms with Crippen molar-refractivity contribution in [2.45, 2.75) is 164 Å². The van der Waals surface area contributed by atoms with E-state index in [9.17, 15) is 0 Å². The average Bonchev–Trinajstić information content (AvgIpc) is 1.50. The first-order valence-corrected chi connectivity index (χ1v) is 37.5. The molecule has 5 aliphatic rings. The van der Waals surface area contributed by atoms with E-state index in [2.05, 4.69) is 24.9 Å². The molecule has 0 amide bonds. The number of aromatic nitrogens is 10. The number of aryl methyl sites for hydroxylation is 5. The monoisotopic (exact) mass is 1570 g/mol. The summed E-state index contributed by atoms with van der Waals surface area (Å²) in [7, 11) is 0. The Morgan fingerprint density at radius 1 is 0.226 bits per heavy atom. The van der Waals surface area contributed by atoms with Crippen LogP contribution in [0.4, 0.5) is 0 Å². The van der Waals surface area contributed by atoms with E-state index in [1.54, 1.807) is 119 Å². The van der Waals surface area contributed by atoms with Gasteiger partial charge in [0.25, 0.3) is 0 Å². The zero-order chi connectivity index (χ0) is 118. The Morgan fingerprint density at radius 3 is 0.783 bits per heavy atom. The van der Waals surface area contributed by atoms with E-state index in [-0.39, 0.29) is 83.1 Å². The normalized spacial score (nSPS) is 28.9. The lowest BCUT2D eigenvalue weighted by Gasteiger charge is -2.16. The van der Waals surface area contributed by atoms with Gasteiger partial charge in [-0.15, -0.1) is 0 Å². The van der Waals surface area contributed by atoms with Gasteiger partial charge in [-0.2, -0.15) is 0 Å². The molecule has 0 N–H and O–H groups in total. The third-order valence-corrected chi connectivity index (χ3v) is 18.9. The molecule has 0 radical (unpaired) electrons. The van der Waals surface area contributed by atoms with Gasteiger partial charge in [-0.1, -0.05) is 210 Å². The van der Waals surface area contributed by atoms with Gasteiger partial charge in [0, 0.05) is 76.4 Å². The second-order valence-corrected chi connectivity index (χ2v) is 27.6. The maximum absolute atomic E-state index is 8.89. The molecule has 5 aliphatic heterocycles. The summed E-state index contributed by atoms with van der Waals surface area (Å²) in [5.41, 5.74) is 12.5. The molecule has 5 fully saturated rings. The number of likely N-dealkylation sites (tertiary alicyclic amines) is 5. The summed E-state index contributed by atoms with van der Waals surface area (Å²) in [5.74, 6) is -0.517. The van der Waals surface area contributed by atoms with Crippen molar-refractivity contribution in [1.29, 1.82) is 0 Å². The van der Waals surface area contributed by atoms with Crippen LogP contribution in [0.5, 0.6) is 0 Å². The van der Waals surface area contributed by atoms with E-state index >= 15 is 0 Å². The maximum Gasteiger partial charge on any atom is 0.124 e. The number of hydrogen-bond donors (Lipinski definition) is 0. The molecular weight excluding hydrogens is 1410 g/mol. The quantitative estimate of drug-likeness (QED) is 0.0732. The molecule has 0 atom stereocenters. The van der Waals surface area contributed by atoms with Crippen molar-refractivity contribution in [3.8, 4) is 0 Å². The van der Waals surface area contributed by atoms with E-state index in [0.29, 0.717) is 67.0 Å². The molecule has 0 aliphatic carbocycles. The van der Waals surface area contributed by atoms with Gasteiger partial charge in [0.15, 0.2) is 0 Å². The van der Waals surface area contributed by atoms with Gasteiger partial charge in [-0.3, -0.25) is 24.5 Å². The Hall–Kier alpha value is -10.7. The Kier molecular flexibility index (Phi) is 13.7. The van der Waals surface area contributed by atoms with Gasteiger partial charge >= 0.3 is 0 Å². The third kappa shape index (κ3) is 20.2. The molecule has 0 unspecified atom stereocenters. The van der Waals surface area contributed by atoms with Crippen LogP contribution in [0, 0.1) is 34.6 Å². The summed E-state index contributed by atoms with van der Waals surface area (Å²) >= 11 is 0. The van der Waals surface area contributed by atoms with Crippen LogP contribution in [-0.4, -0.2) is 137 Å². The van der Waals surface area contributed by atoms with Gasteiger partial charge in [0.05, 0.1) is 104 Å². The van der Waals surface area contributed by atoms with E-state index < -0.39 is 154 Å². The van der Waals surface area contributed by atoms with E-state index in [1.807, 2.05) is 148 Å². The molecule has 15 nitrogen and oxygen atoms in total. The second kappa shape index (κ2) is 37.7. The number of rotatable bonds is 20. The first-order chi connectivity index (χ1) is 73.0. The summed E-state index contributed by atoms with van der Waals surface area (Å²) in [4.78, 5) is 25.3. The molecule has 20 rings (SSSR count). The molecule has 0 bridgehead atoms. The fourth-order valence-corrected chi connectivity index (χ4v) is 12.9. The lowest BCUT2D eigenvalue weighted by Crippen LogP contribution is -2.21. The Morgan fingerprint density at radius 2 is 0.461 bits per heavy atom. The maximum atomic E-state index is 8.89. The fraction of sp³-hybridized carbons (Fsp3) is 0.350. The van der Waals surface area contributed by atoms with Crippen LogP contribution in [0.1, 0.15) is 209 Å². The van der Waals surface area contributed by atoms with Gasteiger partial charge in [-0.05, 0) is 252 Å². The first-order valence-electron chi connectivity index (χ1n) is 59.5. The number of hydrogen-bond acceptors (Lipinski definition) is 10. The SMILES string of the molecule is [2H]C([2H])(c1ccc(C)cc1)n1c(CN2C([2H])([2H])C([2H])([2H])C([2H])([2H])C2([2H])[2H])nc2ccccc21.[2H]C([2H])(c1ccc(C)cc1)n1c(CN2CC([2H])([2H])C([2H])([2H])C2)nc2ccccc21.[2H]C([2H])(c1nc2ccccc2n1C([2H])([2H])c1ccc(C)cc1)N1C([2H])([2H])C([2H])([2H])C([2H])([2H])C1([2H])[2H].[2H]C([2H])(c1nc2ccccc2n1Cc1ccc(C)cc1)N1C([2H])([2H])C([2H])([2H])C([2H])([2H])C1([2H])[2H].[2H]C([2H])(c1nc2ccccc2n1Cc1ccc(C)cc1)N1CC([2H])([2H])C([2H])([2H])C1. The zero-order valence-corrected chi connectivity index (χ0v) is 64.0. The van der Waals surface area contributed by atoms with Crippen molar-refractivity contribution in [2.24, 2.45) is 0 Å². The minimum absolute atomic E-state index is 0.0137. The average molecular weight is 1570 g/mol. The molecule has 0 saturated carbocycles. The molecule has 0 spiro atoms. The number of benzene rings is 10. The molecule has 10 heterocycles. The minimum Gasteiger partial charge on any atom is -0.322 e. The van der Waals surface area contributed by atoms with E-state index in [4.69, 9.17) is 60.3 Å². The highest BCUT2D eigenvalue weighted by molar-refractivity contribution is 5.79. The van der Waals surface area contributed by atoms with Crippen molar-refractivity contribution < 1.29 is 60.3 Å². The van der Waals surface area contributed by atoms with Crippen LogP contribution in [-0.2, 0) is 65.2 Å². The minimum atomic E-state index is -3.47. The summed E-state index contributed by atoms with van der Waals surface area (Å²) in [6.07, 6.45) is -28.1. The van der Waals surface area contributed by atoms with Crippen molar-refractivity contribution >= 4 is 55.2 Å². The summed E-state index contributed by atoms with van der Waals surface area (Å²) in [5, 5.41) is 0. The molecule has 10 aromatic carbocycles. The smallest absolute Gasteiger partial charge is 0.124 e. The van der Waals surface area contributed by atoms with Gasteiger partial charge in [0.2, 0.25) is 0 Å². The van der Waals surface area contributed by atoms with Gasteiger partial charge in [0.1, 0.15) is 29.1 Å². The number of fused-ring (bicyclic) bond motifs is 5. The number of para-hydroxylation sites is 10. The zero-order valence-electron chi connectivity index (χ0n) is 108. The highest BCUT2D eigenvalue weighted by Gasteiger charge is 2.24. The largest absolute Gasteiger partial charge is 0.322 e. The summed E-state index contributed by atoms with van der Waals surface area (Å²) < 4.78 is 372. The molecule has 15 aromatic rings. The first kappa shape index (κ1) is 41.8. The van der Waals surface area contributed by atoms with E-state index in [1.165, 1.54) is 38.3 Å². The van der Waals surface area contributed by atoms with Crippen LogP contribution in [0.2, 0.25) is 0 Å². The number of imidazole rings is 5. The molecule has 15 heteroatoms. The van der Waals surface area contributed by atoms with Crippen molar-refractivity contribution in [1.82, 2.24) is 72.3 Å². The molecule has 5 aromatic heterocycles. The second-order valence-electron chi connectivity index (χ2n) is 27.6. The fourth-order valence-electron chi connectivity index (χ4n) is 12.9. The molecule has 590 valence electrons. The van der Waals surface area contributed by atoms with Crippen LogP contribution >= 0.6 is 0 Å². The Labute approximate surface area is 742 Å². The van der Waals surface area contributed by atoms with Crippen molar-refractivity contribution in [3.63, 3.8) is 0 Å². The lowest BCUT2D eigenvalue weighted by atomic mass is 10.1. The van der Waals surface area contributed by atoms with Gasteiger partial charge < -0.3 is 22.8 Å². The molecular formula is C100H115N15. The van der Waals surface area contributed by atoms with Crippen molar-refractivity contribution in [3.05, 3.63) is 327 Å². The Bertz CT molecular complexity index is 7770. The predicted molar refractivity (Wildman–Crippen MR) is 473 cm³/mol. The summed E-state index contributed by atoms with van der Waals surface area (Å²) in [6.45, 7) is -25.6. The van der Waals surface area contributed by atoms with Crippen LogP contribution in [0.15, 0.2) is 243 Å². The Balaban J connectivity index is 0.000000140. The van der Waals surface area contributed by atoms with Crippen LogP contribution < -0.4 is 0 Å². The predicted octanol–water partition coefficient (Wildman–Crippen LogP) is 19.9. The van der Waals surface area contributed by atoms with Gasteiger partial charge in [-0.25, -0.2) is 24.9 Å². The summed E-state index contributed by atoms with van der Waals surface area (Å²) in [6, 6.07) is 70.3. The third-order valence-electron chi connectivity index (χ3n) is 18.9. The molecule has 5 saturated heterocycles. The molecule has 115 heavy (non-hydrogen) atoms. The highest BCUT2D eigenvalue weighted by Crippen LogP contribution is 2.28. The topological polar surface area (TPSA) is 105 Å². The van der Waals surface area contributed by atoms with Crippen LogP contribution in [0.25, 0.3) is 55.2 Å².